The monoisotopic (exact) mass is 456 g/mol. The highest BCUT2D eigenvalue weighted by atomic mass is 19.1. The quantitative estimate of drug-likeness (QED) is 0.635. The summed E-state index contributed by atoms with van der Waals surface area (Å²) in [5.41, 5.74) is -0.729. The van der Waals surface area contributed by atoms with E-state index in [0.29, 0.717) is 18.7 Å². The Morgan fingerprint density at radius 3 is 2.36 bits per heavy atom. The molecular weight excluding hydrogens is 426 g/mol. The van der Waals surface area contributed by atoms with Crippen molar-refractivity contribution in [2.24, 2.45) is 5.41 Å². The number of amides is 2. The van der Waals surface area contributed by atoms with Crippen molar-refractivity contribution in [3.8, 4) is 5.75 Å². The van der Waals surface area contributed by atoms with Gasteiger partial charge in [0, 0.05) is 44.1 Å². The Balaban J connectivity index is 1.54. The lowest BCUT2D eigenvalue weighted by atomic mass is 9.77. The van der Waals surface area contributed by atoms with Gasteiger partial charge in [0.1, 0.15) is 17.4 Å². The van der Waals surface area contributed by atoms with Crippen molar-refractivity contribution in [2.75, 3.05) is 32.8 Å². The first-order chi connectivity index (χ1) is 16.0. The van der Waals surface area contributed by atoms with Gasteiger partial charge in [-0.3, -0.25) is 9.59 Å². The van der Waals surface area contributed by atoms with Crippen LogP contribution in [-0.4, -0.2) is 54.4 Å². The van der Waals surface area contributed by atoms with Crippen LogP contribution < -0.4 is 4.74 Å². The molecule has 7 heteroatoms. The number of piperidine rings is 2. The van der Waals surface area contributed by atoms with Crippen LogP contribution in [0.25, 0.3) is 0 Å². The molecule has 0 aromatic heterocycles. The third kappa shape index (κ3) is 5.70. The number of hydrogen-bond donors (Lipinski definition) is 0. The summed E-state index contributed by atoms with van der Waals surface area (Å²) in [7, 11) is 0. The van der Waals surface area contributed by atoms with Crippen molar-refractivity contribution >= 4 is 11.8 Å². The second-order valence-electron chi connectivity index (χ2n) is 9.17. The molecule has 5 nitrogen and oxygen atoms in total. The first-order valence-corrected chi connectivity index (χ1v) is 11.7. The summed E-state index contributed by atoms with van der Waals surface area (Å²) in [5, 5.41) is 0. The molecule has 2 aromatic carbocycles. The Morgan fingerprint density at radius 2 is 1.64 bits per heavy atom. The molecule has 1 unspecified atom stereocenters. The van der Waals surface area contributed by atoms with Gasteiger partial charge in [-0.2, -0.15) is 0 Å². The lowest BCUT2D eigenvalue weighted by molar-refractivity contribution is -0.136. The lowest BCUT2D eigenvalue weighted by Gasteiger charge is -2.43. The van der Waals surface area contributed by atoms with Crippen molar-refractivity contribution < 1.29 is 23.1 Å². The van der Waals surface area contributed by atoms with E-state index in [0.717, 1.165) is 50.9 Å². The van der Waals surface area contributed by atoms with E-state index in [2.05, 4.69) is 0 Å². The van der Waals surface area contributed by atoms with Crippen LogP contribution >= 0.6 is 0 Å². The number of para-hydroxylation sites is 1. The highest BCUT2D eigenvalue weighted by molar-refractivity contribution is 5.94. The average Bonchev–Trinajstić information content (AvgIpc) is 2.84. The van der Waals surface area contributed by atoms with E-state index in [9.17, 15) is 18.4 Å². The topological polar surface area (TPSA) is 49.9 Å². The molecular formula is C26H30F2N2O3. The molecule has 2 aromatic rings. The molecule has 0 spiro atoms. The maximum atomic E-state index is 14.3. The number of carbonyl (C=O) groups is 2. The van der Waals surface area contributed by atoms with Gasteiger partial charge in [-0.25, -0.2) is 8.78 Å². The van der Waals surface area contributed by atoms with Crippen LogP contribution in [0.2, 0.25) is 0 Å². The molecule has 0 radical (unpaired) electrons. The Hall–Kier alpha value is -2.96. The summed E-state index contributed by atoms with van der Waals surface area (Å²) in [5.74, 6) is -1.30. The zero-order valence-corrected chi connectivity index (χ0v) is 18.8. The molecule has 0 bridgehead atoms. The predicted octanol–water partition coefficient (Wildman–Crippen LogP) is 4.67. The van der Waals surface area contributed by atoms with Crippen LogP contribution in [0.15, 0.2) is 48.5 Å². The van der Waals surface area contributed by atoms with Crippen LogP contribution in [0.3, 0.4) is 0 Å². The van der Waals surface area contributed by atoms with Crippen molar-refractivity contribution in [1.82, 2.24) is 9.80 Å². The van der Waals surface area contributed by atoms with Crippen LogP contribution in [0.1, 0.15) is 48.9 Å². The molecule has 0 saturated carbocycles. The van der Waals surface area contributed by atoms with Crippen LogP contribution in [-0.2, 0) is 4.79 Å². The van der Waals surface area contributed by atoms with Gasteiger partial charge in [0.05, 0.1) is 12.2 Å². The Kier molecular flexibility index (Phi) is 7.26. The van der Waals surface area contributed by atoms with Crippen molar-refractivity contribution in [3.05, 3.63) is 65.7 Å². The Bertz CT molecular complexity index is 979. The van der Waals surface area contributed by atoms with Crippen molar-refractivity contribution in [2.45, 2.75) is 38.5 Å². The second-order valence-corrected chi connectivity index (χ2v) is 9.17. The Labute approximate surface area is 193 Å². The largest absolute Gasteiger partial charge is 0.493 e. The third-order valence-electron chi connectivity index (χ3n) is 6.63. The molecule has 2 aliphatic rings. The molecule has 2 amide bonds. The van der Waals surface area contributed by atoms with Gasteiger partial charge < -0.3 is 14.5 Å². The van der Waals surface area contributed by atoms with Gasteiger partial charge >= 0.3 is 0 Å². The van der Waals surface area contributed by atoms with Gasteiger partial charge in [-0.1, -0.05) is 18.2 Å². The minimum atomic E-state index is -0.874. The van der Waals surface area contributed by atoms with Gasteiger partial charge in [-0.15, -0.1) is 0 Å². The number of carbonyl (C=O) groups excluding carboxylic acids is 2. The summed E-state index contributed by atoms with van der Waals surface area (Å²) in [6, 6.07) is 12.4. The smallest absolute Gasteiger partial charge is 0.256 e. The van der Waals surface area contributed by atoms with Crippen molar-refractivity contribution in [1.29, 1.82) is 0 Å². The van der Waals surface area contributed by atoms with E-state index in [1.807, 2.05) is 35.2 Å². The molecule has 33 heavy (non-hydrogen) atoms. The predicted molar refractivity (Wildman–Crippen MR) is 121 cm³/mol. The van der Waals surface area contributed by atoms with E-state index in [1.165, 1.54) is 6.07 Å². The minimum absolute atomic E-state index is 0.0774. The number of benzene rings is 2. The highest BCUT2D eigenvalue weighted by Gasteiger charge is 2.41. The normalized spacial score (nSPS) is 21.0. The number of halogens is 2. The molecule has 1 atom stereocenters. The van der Waals surface area contributed by atoms with E-state index >= 15 is 0 Å². The molecule has 2 aliphatic heterocycles. The van der Waals surface area contributed by atoms with Gasteiger partial charge in [0.15, 0.2) is 0 Å². The van der Waals surface area contributed by atoms with Crippen LogP contribution in [0.4, 0.5) is 8.78 Å². The molecule has 0 aliphatic carbocycles. The minimum Gasteiger partial charge on any atom is -0.493 e. The standard InChI is InChI=1S/C26H30F2N2O3/c27-20-10-11-22(23(28)16-20)25(32)30-15-7-12-26(18-30,19-33-21-8-3-1-4-9-21)17-24(31)29-13-5-2-6-14-29/h1,3-4,8-11,16H,2,5-7,12-15,17-19H2. The fourth-order valence-electron chi connectivity index (χ4n) is 4.86. The van der Waals surface area contributed by atoms with Gasteiger partial charge in [0.25, 0.3) is 5.91 Å². The van der Waals surface area contributed by atoms with E-state index in [4.69, 9.17) is 4.74 Å². The van der Waals surface area contributed by atoms with Crippen LogP contribution in [0, 0.1) is 17.0 Å². The number of hydrogen-bond acceptors (Lipinski definition) is 3. The highest BCUT2D eigenvalue weighted by Crippen LogP contribution is 2.36. The third-order valence-corrected chi connectivity index (χ3v) is 6.63. The number of rotatable bonds is 6. The zero-order valence-electron chi connectivity index (χ0n) is 18.8. The van der Waals surface area contributed by atoms with E-state index < -0.39 is 23.0 Å². The van der Waals surface area contributed by atoms with E-state index in [1.54, 1.807) is 4.90 Å². The maximum Gasteiger partial charge on any atom is 0.256 e. The van der Waals surface area contributed by atoms with Gasteiger partial charge in [-0.05, 0) is 56.4 Å². The molecule has 2 saturated heterocycles. The first-order valence-electron chi connectivity index (χ1n) is 11.7. The summed E-state index contributed by atoms with van der Waals surface area (Å²) >= 11 is 0. The summed E-state index contributed by atoms with van der Waals surface area (Å²) in [6.45, 7) is 2.55. The summed E-state index contributed by atoms with van der Waals surface area (Å²) in [4.78, 5) is 29.8. The maximum absolute atomic E-state index is 14.3. The van der Waals surface area contributed by atoms with E-state index in [-0.39, 0.29) is 31.0 Å². The number of ether oxygens (including phenoxy) is 1. The first kappa shape index (κ1) is 23.2. The van der Waals surface area contributed by atoms with Crippen LogP contribution in [0.5, 0.6) is 5.75 Å². The second kappa shape index (κ2) is 10.3. The molecule has 2 fully saturated rings. The zero-order chi connectivity index (χ0) is 23.3. The summed E-state index contributed by atoms with van der Waals surface area (Å²) in [6.07, 6.45) is 4.84. The van der Waals surface area contributed by atoms with Gasteiger partial charge in [0.2, 0.25) is 5.91 Å². The molecule has 0 N–H and O–H groups in total. The lowest BCUT2D eigenvalue weighted by Crippen LogP contribution is -2.51. The molecule has 4 rings (SSSR count). The SMILES string of the molecule is O=C(CC1(COc2ccccc2)CCCN(C(=O)c2ccc(F)cc2F)C1)N1CCCCC1. The molecule has 176 valence electrons. The number of nitrogens with zero attached hydrogens (tertiary/aromatic N) is 2. The van der Waals surface area contributed by atoms with Crippen molar-refractivity contribution in [3.63, 3.8) is 0 Å². The fourth-order valence-corrected chi connectivity index (χ4v) is 4.86. The molecule has 2 heterocycles. The Morgan fingerprint density at radius 1 is 0.909 bits per heavy atom. The number of likely N-dealkylation sites (tertiary alicyclic amines) is 2. The summed E-state index contributed by atoms with van der Waals surface area (Å²) < 4.78 is 33.7. The fraction of sp³-hybridized carbons (Fsp3) is 0.462. The average molecular weight is 457 g/mol.